The lowest BCUT2D eigenvalue weighted by Gasteiger charge is -2.10. The van der Waals surface area contributed by atoms with E-state index in [0.29, 0.717) is 27.0 Å². The molecular weight excluding hydrogens is 446 g/mol. The van der Waals surface area contributed by atoms with Crippen LogP contribution in [-0.2, 0) is 4.79 Å². The van der Waals surface area contributed by atoms with Crippen molar-refractivity contribution in [2.24, 2.45) is 5.10 Å². The van der Waals surface area contributed by atoms with E-state index >= 15 is 0 Å². The summed E-state index contributed by atoms with van der Waals surface area (Å²) in [4.78, 5) is 26.2. The highest BCUT2D eigenvalue weighted by atomic mass is 35.5. The maximum absolute atomic E-state index is 12.4. The molecule has 0 aliphatic carbocycles. The lowest BCUT2D eigenvalue weighted by Crippen LogP contribution is -2.25. The molecule has 0 unspecified atom stereocenters. The Hall–Kier alpha value is -3.16. The third-order valence-corrected chi connectivity index (χ3v) is 6.23. The fourth-order valence-electron chi connectivity index (χ4n) is 2.95. The van der Waals surface area contributed by atoms with Gasteiger partial charge in [-0.25, -0.2) is 5.43 Å². The summed E-state index contributed by atoms with van der Waals surface area (Å²) in [5.41, 5.74) is 6.28. The number of anilines is 1. The molecule has 0 fully saturated rings. The average Bonchev–Trinajstić information content (AvgIpc) is 3.21. The summed E-state index contributed by atoms with van der Waals surface area (Å²) in [6.07, 6.45) is 0. The number of hydrazone groups is 1. The van der Waals surface area contributed by atoms with Crippen molar-refractivity contribution < 1.29 is 14.3 Å². The van der Waals surface area contributed by atoms with E-state index in [1.54, 1.807) is 37.3 Å². The van der Waals surface area contributed by atoms with Crippen LogP contribution in [0.25, 0.3) is 0 Å². The normalized spacial score (nSPS) is 11.2. The maximum atomic E-state index is 12.4. The van der Waals surface area contributed by atoms with Gasteiger partial charge in [-0.2, -0.15) is 5.10 Å². The zero-order chi connectivity index (χ0) is 23.3. The van der Waals surface area contributed by atoms with Crippen LogP contribution in [0.4, 0.5) is 5.69 Å². The lowest BCUT2D eigenvalue weighted by molar-refractivity contribution is -0.123. The zero-order valence-corrected chi connectivity index (χ0v) is 19.9. The van der Waals surface area contributed by atoms with Crippen molar-refractivity contribution in [2.75, 3.05) is 11.9 Å². The average molecular weight is 470 g/mol. The highest BCUT2D eigenvalue weighted by Gasteiger charge is 2.10. The second-order valence-corrected chi connectivity index (χ2v) is 9.00. The second-order valence-electron chi connectivity index (χ2n) is 7.34. The predicted octanol–water partition coefficient (Wildman–Crippen LogP) is 5.50. The number of hydrogen-bond acceptors (Lipinski definition) is 5. The van der Waals surface area contributed by atoms with Crippen LogP contribution in [0.2, 0.25) is 5.02 Å². The molecule has 0 spiro atoms. The first-order valence-corrected chi connectivity index (χ1v) is 11.1. The van der Waals surface area contributed by atoms with E-state index in [0.717, 1.165) is 21.6 Å². The van der Waals surface area contributed by atoms with Gasteiger partial charge in [-0.15, -0.1) is 11.3 Å². The number of halogens is 1. The predicted molar refractivity (Wildman–Crippen MR) is 130 cm³/mol. The third kappa shape index (κ3) is 6.18. The third-order valence-electron chi connectivity index (χ3n) is 4.63. The number of ether oxygens (including phenoxy) is 1. The van der Waals surface area contributed by atoms with Crippen LogP contribution in [0.5, 0.6) is 5.75 Å². The molecule has 3 aromatic rings. The first-order valence-electron chi connectivity index (χ1n) is 9.94. The summed E-state index contributed by atoms with van der Waals surface area (Å²) >= 11 is 7.59. The van der Waals surface area contributed by atoms with Gasteiger partial charge < -0.3 is 10.1 Å². The molecule has 0 aliphatic heterocycles. The quantitative estimate of drug-likeness (QED) is 0.354. The van der Waals surface area contributed by atoms with E-state index in [2.05, 4.69) is 15.8 Å². The van der Waals surface area contributed by atoms with Gasteiger partial charge in [0.2, 0.25) is 0 Å². The Bertz CT molecular complexity index is 1160. The van der Waals surface area contributed by atoms with Gasteiger partial charge in [0.15, 0.2) is 6.61 Å². The number of hydrogen-bond donors (Lipinski definition) is 2. The largest absolute Gasteiger partial charge is 0.484 e. The molecule has 2 N–H and O–H groups in total. The Morgan fingerprint density at radius 2 is 1.78 bits per heavy atom. The Morgan fingerprint density at radius 3 is 2.44 bits per heavy atom. The molecule has 2 amide bonds. The molecule has 0 aliphatic rings. The first kappa shape index (κ1) is 23.5. The number of nitrogens with zero attached hydrogens (tertiary/aromatic N) is 1. The number of thiophene rings is 1. The van der Waals surface area contributed by atoms with Crippen molar-refractivity contribution in [3.8, 4) is 5.75 Å². The van der Waals surface area contributed by atoms with Crippen LogP contribution < -0.4 is 15.5 Å². The Labute approximate surface area is 196 Å². The van der Waals surface area contributed by atoms with Crippen molar-refractivity contribution in [3.05, 3.63) is 80.0 Å². The molecule has 0 bridgehead atoms. The summed E-state index contributed by atoms with van der Waals surface area (Å²) in [6.45, 7) is 7.32. The van der Waals surface area contributed by atoms with E-state index in [4.69, 9.17) is 16.3 Å². The van der Waals surface area contributed by atoms with Gasteiger partial charge in [-0.05, 0) is 80.8 Å². The number of aryl methyl sites for hydroxylation is 3. The summed E-state index contributed by atoms with van der Waals surface area (Å²) in [6, 6.07) is 14.6. The molecule has 0 saturated carbocycles. The lowest BCUT2D eigenvalue weighted by atomic mass is 10.1. The molecule has 0 saturated heterocycles. The van der Waals surface area contributed by atoms with E-state index < -0.39 is 0 Å². The van der Waals surface area contributed by atoms with Gasteiger partial charge >= 0.3 is 0 Å². The topological polar surface area (TPSA) is 79.8 Å². The smallest absolute Gasteiger partial charge is 0.277 e. The highest BCUT2D eigenvalue weighted by Crippen LogP contribution is 2.25. The van der Waals surface area contributed by atoms with Crippen LogP contribution in [-0.4, -0.2) is 24.1 Å². The molecule has 1 heterocycles. The second kappa shape index (κ2) is 10.4. The molecule has 3 rings (SSSR count). The SMILES string of the molecule is CC(=NNC(=O)COc1cc(C)c(Cl)c(C)c1)c1cccc(NC(=O)c2ccc(C)s2)c1. The van der Waals surface area contributed by atoms with Crippen molar-refractivity contribution in [1.29, 1.82) is 0 Å². The molecule has 0 radical (unpaired) electrons. The number of rotatable bonds is 7. The molecular formula is C24H24ClN3O3S. The molecule has 0 atom stereocenters. The highest BCUT2D eigenvalue weighted by molar-refractivity contribution is 7.14. The molecule has 1 aromatic heterocycles. The number of nitrogens with one attached hydrogen (secondary N) is 2. The minimum absolute atomic E-state index is 0.159. The monoisotopic (exact) mass is 469 g/mol. The Kier molecular flexibility index (Phi) is 7.66. The molecule has 8 heteroatoms. The van der Waals surface area contributed by atoms with E-state index in [9.17, 15) is 9.59 Å². The maximum Gasteiger partial charge on any atom is 0.277 e. The summed E-state index contributed by atoms with van der Waals surface area (Å²) in [5.74, 6) is 0.0322. The summed E-state index contributed by atoms with van der Waals surface area (Å²) in [5, 5.41) is 7.71. The summed E-state index contributed by atoms with van der Waals surface area (Å²) < 4.78 is 5.54. The molecule has 166 valence electrons. The zero-order valence-electron chi connectivity index (χ0n) is 18.3. The minimum atomic E-state index is -0.382. The number of amides is 2. The fourth-order valence-corrected chi connectivity index (χ4v) is 3.82. The van der Waals surface area contributed by atoms with Crippen molar-refractivity contribution in [1.82, 2.24) is 5.43 Å². The van der Waals surface area contributed by atoms with Gasteiger partial charge in [-0.3, -0.25) is 9.59 Å². The van der Waals surface area contributed by atoms with Crippen molar-refractivity contribution in [2.45, 2.75) is 27.7 Å². The fraction of sp³-hybridized carbons (Fsp3) is 0.208. The number of carbonyl (C=O) groups excluding carboxylic acids is 2. The van der Waals surface area contributed by atoms with Gasteiger partial charge in [-0.1, -0.05) is 23.7 Å². The van der Waals surface area contributed by atoms with Crippen LogP contribution in [0.3, 0.4) is 0 Å². The van der Waals surface area contributed by atoms with Gasteiger partial charge in [0.05, 0.1) is 10.6 Å². The molecule has 6 nitrogen and oxygen atoms in total. The van der Waals surface area contributed by atoms with Crippen molar-refractivity contribution in [3.63, 3.8) is 0 Å². The first-order chi connectivity index (χ1) is 15.2. The van der Waals surface area contributed by atoms with Gasteiger partial charge in [0.1, 0.15) is 5.75 Å². The van der Waals surface area contributed by atoms with Crippen LogP contribution in [0, 0.1) is 20.8 Å². The van der Waals surface area contributed by atoms with E-state index in [-0.39, 0.29) is 18.4 Å². The van der Waals surface area contributed by atoms with Crippen LogP contribution in [0.1, 0.15) is 38.2 Å². The molecule has 32 heavy (non-hydrogen) atoms. The molecule has 2 aromatic carbocycles. The summed E-state index contributed by atoms with van der Waals surface area (Å²) in [7, 11) is 0. The van der Waals surface area contributed by atoms with Gasteiger partial charge in [0, 0.05) is 15.6 Å². The van der Waals surface area contributed by atoms with E-state index in [1.165, 1.54) is 11.3 Å². The minimum Gasteiger partial charge on any atom is -0.484 e. The van der Waals surface area contributed by atoms with Crippen molar-refractivity contribution >= 4 is 46.2 Å². The van der Waals surface area contributed by atoms with Gasteiger partial charge in [0.25, 0.3) is 11.8 Å². The van der Waals surface area contributed by atoms with Crippen LogP contribution >= 0.6 is 22.9 Å². The van der Waals surface area contributed by atoms with Crippen LogP contribution in [0.15, 0.2) is 53.6 Å². The van der Waals surface area contributed by atoms with E-state index in [1.807, 2.05) is 39.0 Å². The standard InChI is InChI=1S/C24H24ClN3O3S/c1-14-10-20(11-15(2)23(14)25)31-13-22(29)28-27-17(4)18-6-5-7-19(12-18)26-24(30)21-9-8-16(3)32-21/h5-12H,13H2,1-4H3,(H,26,30)(H,28,29). The Balaban J connectivity index is 1.58. The number of benzene rings is 2. The Morgan fingerprint density at radius 1 is 1.06 bits per heavy atom. The number of carbonyl (C=O) groups is 2.